The smallest absolute Gasteiger partial charge is 0.408 e. The maximum atomic E-state index is 14.2. The lowest BCUT2D eigenvalue weighted by Gasteiger charge is -2.36. The van der Waals surface area contributed by atoms with Crippen molar-refractivity contribution in [3.05, 3.63) is 29.8 Å². The number of phenolic OH excluding ortho intramolecular Hbond substituents is 1. The quantitative estimate of drug-likeness (QED) is 0.205. The van der Waals surface area contributed by atoms with Crippen LogP contribution in [0.3, 0.4) is 0 Å². The number of amides is 3. The first-order chi connectivity index (χ1) is 18.3. The predicted octanol–water partition coefficient (Wildman–Crippen LogP) is 6.48. The summed E-state index contributed by atoms with van der Waals surface area (Å²) in [6, 6.07) is 4.59. The molecule has 0 bridgehead atoms. The second-order valence-electron chi connectivity index (χ2n) is 11.8. The Morgan fingerprint density at radius 1 is 0.923 bits per heavy atom. The number of carbonyl (C=O) groups is 3. The average Bonchev–Trinajstić information content (AvgIpc) is 2.83. The van der Waals surface area contributed by atoms with E-state index in [1.165, 1.54) is 11.0 Å². The van der Waals surface area contributed by atoms with E-state index in [1.54, 1.807) is 39.0 Å². The summed E-state index contributed by atoms with van der Waals surface area (Å²) < 4.78 is 5.44. The van der Waals surface area contributed by atoms with Gasteiger partial charge in [0.05, 0.1) is 0 Å². The molecule has 0 spiro atoms. The van der Waals surface area contributed by atoms with Crippen molar-refractivity contribution >= 4 is 17.9 Å². The molecule has 0 aliphatic heterocycles. The van der Waals surface area contributed by atoms with Gasteiger partial charge in [0.1, 0.15) is 23.4 Å². The number of ether oxygens (including phenoxy) is 1. The lowest BCUT2D eigenvalue weighted by Crippen LogP contribution is -2.55. The van der Waals surface area contributed by atoms with Gasteiger partial charge in [-0.3, -0.25) is 9.59 Å². The number of hydrogen-bond acceptors (Lipinski definition) is 5. The van der Waals surface area contributed by atoms with Crippen LogP contribution in [0.1, 0.15) is 118 Å². The zero-order valence-electron chi connectivity index (χ0n) is 25.5. The summed E-state index contributed by atoms with van der Waals surface area (Å²) in [6.07, 6.45) is 7.09. The molecule has 0 fully saturated rings. The summed E-state index contributed by atoms with van der Waals surface area (Å²) in [5.41, 5.74) is -0.363. The number of aromatic hydroxyl groups is 1. The maximum absolute atomic E-state index is 14.2. The first-order valence-corrected chi connectivity index (χ1v) is 14.7. The van der Waals surface area contributed by atoms with Crippen molar-refractivity contribution in [3.63, 3.8) is 0 Å². The molecule has 3 amide bonds. The zero-order chi connectivity index (χ0) is 29.6. The molecule has 0 saturated heterocycles. The fraction of sp³-hybridized carbons (Fsp3) is 0.710. The number of carbonyl (C=O) groups excluding carboxylic acids is 3. The monoisotopic (exact) mass is 547 g/mol. The Morgan fingerprint density at radius 2 is 1.54 bits per heavy atom. The van der Waals surface area contributed by atoms with Crippen molar-refractivity contribution in [1.82, 2.24) is 15.5 Å². The molecule has 39 heavy (non-hydrogen) atoms. The van der Waals surface area contributed by atoms with Gasteiger partial charge in [-0.25, -0.2) is 4.79 Å². The number of benzene rings is 1. The van der Waals surface area contributed by atoms with E-state index in [0.717, 1.165) is 44.9 Å². The van der Waals surface area contributed by atoms with Gasteiger partial charge in [-0.1, -0.05) is 84.4 Å². The number of para-hydroxylation sites is 1. The van der Waals surface area contributed by atoms with Crippen LogP contribution in [-0.2, 0) is 14.3 Å². The van der Waals surface area contributed by atoms with Gasteiger partial charge in [-0.05, 0) is 52.5 Å². The topological polar surface area (TPSA) is 108 Å². The van der Waals surface area contributed by atoms with Crippen LogP contribution in [0.4, 0.5) is 4.79 Å². The Labute approximate surface area is 236 Å². The summed E-state index contributed by atoms with van der Waals surface area (Å²) in [7, 11) is 0. The van der Waals surface area contributed by atoms with Gasteiger partial charge in [0.2, 0.25) is 11.8 Å². The number of nitrogens with one attached hydrogen (secondary N) is 2. The molecular weight excluding hydrogens is 494 g/mol. The number of alkyl carbamates (subject to hydrolysis) is 1. The molecule has 1 aromatic carbocycles. The fourth-order valence-corrected chi connectivity index (χ4v) is 4.55. The van der Waals surface area contributed by atoms with Gasteiger partial charge in [0.25, 0.3) is 0 Å². The highest BCUT2D eigenvalue weighted by Gasteiger charge is 2.38. The molecule has 3 N–H and O–H groups in total. The molecule has 0 aliphatic carbocycles. The number of nitrogens with zero attached hydrogens (tertiary/aromatic N) is 1. The van der Waals surface area contributed by atoms with Crippen molar-refractivity contribution in [3.8, 4) is 5.75 Å². The molecule has 3 atom stereocenters. The Balaban J connectivity index is 3.44. The van der Waals surface area contributed by atoms with E-state index in [2.05, 4.69) is 17.6 Å². The summed E-state index contributed by atoms with van der Waals surface area (Å²) in [6.45, 7) is 15.5. The molecule has 222 valence electrons. The second-order valence-corrected chi connectivity index (χ2v) is 11.8. The van der Waals surface area contributed by atoms with Gasteiger partial charge in [-0.15, -0.1) is 0 Å². The van der Waals surface area contributed by atoms with E-state index >= 15 is 0 Å². The molecule has 1 aromatic rings. The van der Waals surface area contributed by atoms with Gasteiger partial charge in [-0.2, -0.15) is 0 Å². The average molecular weight is 548 g/mol. The molecule has 8 heteroatoms. The van der Waals surface area contributed by atoms with Crippen molar-refractivity contribution < 1.29 is 24.2 Å². The minimum atomic E-state index is -1.05. The van der Waals surface area contributed by atoms with Gasteiger partial charge in [0.15, 0.2) is 0 Å². The summed E-state index contributed by atoms with van der Waals surface area (Å²) in [5, 5.41) is 16.6. The van der Waals surface area contributed by atoms with E-state index in [1.807, 2.05) is 27.7 Å². The molecular formula is C31H53N3O5. The third-order valence-corrected chi connectivity index (χ3v) is 6.54. The van der Waals surface area contributed by atoms with Gasteiger partial charge in [0, 0.05) is 18.2 Å². The number of rotatable bonds is 16. The molecule has 0 aromatic heterocycles. The lowest BCUT2D eigenvalue weighted by molar-refractivity contribution is -0.143. The third-order valence-electron chi connectivity index (χ3n) is 6.54. The van der Waals surface area contributed by atoms with Crippen LogP contribution < -0.4 is 10.6 Å². The largest absolute Gasteiger partial charge is 0.508 e. The van der Waals surface area contributed by atoms with Crippen LogP contribution in [-0.4, -0.2) is 52.1 Å². The van der Waals surface area contributed by atoms with Crippen LogP contribution in [0.2, 0.25) is 0 Å². The fourth-order valence-electron chi connectivity index (χ4n) is 4.55. The summed E-state index contributed by atoms with van der Waals surface area (Å²) >= 11 is 0. The lowest BCUT2D eigenvalue weighted by atomic mass is 9.97. The number of phenols is 1. The number of unbranched alkanes of at least 4 members (excludes halogenated alkanes) is 5. The van der Waals surface area contributed by atoms with E-state index < -0.39 is 23.8 Å². The minimum absolute atomic E-state index is 0.0530. The van der Waals surface area contributed by atoms with Crippen molar-refractivity contribution in [2.45, 2.75) is 130 Å². The van der Waals surface area contributed by atoms with Gasteiger partial charge < -0.3 is 25.4 Å². The van der Waals surface area contributed by atoms with Crippen LogP contribution in [0, 0.1) is 5.92 Å². The summed E-state index contributed by atoms with van der Waals surface area (Å²) in [4.78, 5) is 42.2. The molecule has 0 saturated carbocycles. The Hall–Kier alpha value is -2.77. The van der Waals surface area contributed by atoms with E-state index in [-0.39, 0.29) is 29.5 Å². The summed E-state index contributed by atoms with van der Waals surface area (Å²) in [5.74, 6) is -1.04. The van der Waals surface area contributed by atoms with Crippen LogP contribution in [0.5, 0.6) is 5.75 Å². The molecule has 3 unspecified atom stereocenters. The highest BCUT2D eigenvalue weighted by Crippen LogP contribution is 2.31. The van der Waals surface area contributed by atoms with Crippen LogP contribution in [0.25, 0.3) is 0 Å². The molecule has 1 rings (SSSR count). The van der Waals surface area contributed by atoms with Crippen molar-refractivity contribution in [1.29, 1.82) is 0 Å². The first kappa shape index (κ1) is 34.3. The first-order valence-electron chi connectivity index (χ1n) is 14.7. The van der Waals surface area contributed by atoms with E-state index in [4.69, 9.17) is 4.74 Å². The second kappa shape index (κ2) is 17.0. The highest BCUT2D eigenvalue weighted by atomic mass is 16.6. The Bertz CT molecular complexity index is 896. The van der Waals surface area contributed by atoms with Crippen molar-refractivity contribution in [2.75, 3.05) is 6.54 Å². The van der Waals surface area contributed by atoms with Gasteiger partial charge >= 0.3 is 6.09 Å². The SMILES string of the molecule is CCCCCCCCN(C(=O)C(NC(=O)OC(C)(C)C)C(C)C)C(C(=O)NC(C)CCC)c1ccccc1O. The van der Waals surface area contributed by atoms with E-state index in [9.17, 15) is 19.5 Å². The Morgan fingerprint density at radius 3 is 2.10 bits per heavy atom. The minimum Gasteiger partial charge on any atom is -0.508 e. The number of hydrogen-bond donors (Lipinski definition) is 3. The predicted molar refractivity (Wildman–Crippen MR) is 156 cm³/mol. The molecule has 0 radical (unpaired) electrons. The standard InChI is InChI=1S/C31H53N3O5/c1-9-11-12-13-14-17-21-34(29(37)26(22(3)4)33-30(38)39-31(6,7)8)27(24-19-15-16-20-25(24)35)28(36)32-23(5)18-10-2/h15-16,19-20,22-23,26-27,35H,9-14,17-18,21H2,1-8H3,(H,32,36)(H,33,38). The van der Waals surface area contributed by atoms with E-state index in [0.29, 0.717) is 18.5 Å². The molecule has 0 aliphatic rings. The zero-order valence-corrected chi connectivity index (χ0v) is 25.5. The third kappa shape index (κ3) is 12.3. The normalized spacial score (nSPS) is 13.9. The Kier molecular flexibility index (Phi) is 15.0. The molecule has 8 nitrogen and oxygen atoms in total. The van der Waals surface area contributed by atoms with Crippen LogP contribution >= 0.6 is 0 Å². The molecule has 0 heterocycles. The maximum Gasteiger partial charge on any atom is 0.408 e. The van der Waals surface area contributed by atoms with Crippen molar-refractivity contribution in [2.24, 2.45) is 5.92 Å². The van der Waals surface area contributed by atoms with Crippen LogP contribution in [0.15, 0.2) is 24.3 Å². The highest BCUT2D eigenvalue weighted by molar-refractivity contribution is 5.92.